The topological polar surface area (TPSA) is 49.4 Å². The van der Waals surface area contributed by atoms with Crippen LogP contribution >= 0.6 is 23.2 Å². The number of anilines is 1. The monoisotopic (exact) mass is 274 g/mol. The molecule has 0 unspecified atom stereocenters. The van der Waals surface area contributed by atoms with Crippen molar-refractivity contribution in [1.82, 2.24) is 4.90 Å². The first-order valence-electron chi connectivity index (χ1n) is 4.88. The molecule has 0 radical (unpaired) electrons. The van der Waals surface area contributed by atoms with Gasteiger partial charge < -0.3 is 10.2 Å². The summed E-state index contributed by atoms with van der Waals surface area (Å²) in [6.45, 7) is -0.0336. The van der Waals surface area contributed by atoms with Crippen LogP contribution in [0.15, 0.2) is 24.3 Å². The molecule has 0 atom stereocenters. The zero-order valence-electron chi connectivity index (χ0n) is 9.24. The molecule has 0 heterocycles. The van der Waals surface area contributed by atoms with E-state index in [2.05, 4.69) is 5.32 Å². The van der Waals surface area contributed by atoms with Gasteiger partial charge in [-0.3, -0.25) is 9.59 Å². The van der Waals surface area contributed by atoms with Crippen molar-refractivity contribution in [1.29, 1.82) is 0 Å². The molecule has 17 heavy (non-hydrogen) atoms. The first-order valence-corrected chi connectivity index (χ1v) is 5.79. The summed E-state index contributed by atoms with van der Waals surface area (Å²) in [5, 5.41) is 3.24. The van der Waals surface area contributed by atoms with Crippen LogP contribution in [0.5, 0.6) is 0 Å². The van der Waals surface area contributed by atoms with E-state index in [1.165, 1.54) is 11.9 Å². The van der Waals surface area contributed by atoms with Gasteiger partial charge in [0.1, 0.15) is 5.88 Å². The molecule has 0 fully saturated rings. The summed E-state index contributed by atoms with van der Waals surface area (Å²) in [6, 6.07) is 6.71. The third-order valence-electron chi connectivity index (χ3n) is 2.05. The lowest BCUT2D eigenvalue weighted by molar-refractivity contribution is -0.131. The molecule has 0 aliphatic heterocycles. The number of carbonyl (C=O) groups is 2. The third-order valence-corrected chi connectivity index (χ3v) is 2.53. The number of halogens is 2. The number of alkyl halides is 1. The molecule has 0 aliphatic rings. The van der Waals surface area contributed by atoms with Crippen molar-refractivity contribution in [3.05, 3.63) is 29.3 Å². The minimum atomic E-state index is -0.294. The van der Waals surface area contributed by atoms with Crippen molar-refractivity contribution < 1.29 is 9.59 Å². The Labute approximate surface area is 109 Å². The molecule has 0 aliphatic carbocycles. The van der Waals surface area contributed by atoms with Crippen molar-refractivity contribution in [3.63, 3.8) is 0 Å². The van der Waals surface area contributed by atoms with Gasteiger partial charge in [-0.05, 0) is 24.3 Å². The number of hydrogen-bond donors (Lipinski definition) is 1. The molecule has 1 rings (SSSR count). The van der Waals surface area contributed by atoms with Gasteiger partial charge in [-0.25, -0.2) is 0 Å². The van der Waals surface area contributed by atoms with Gasteiger partial charge in [-0.1, -0.05) is 11.6 Å². The third kappa shape index (κ3) is 4.63. The molecule has 0 bridgehead atoms. The molecule has 0 saturated carbocycles. The first kappa shape index (κ1) is 13.8. The van der Waals surface area contributed by atoms with E-state index in [0.717, 1.165) is 0 Å². The largest absolute Gasteiger partial charge is 0.335 e. The number of nitrogens with one attached hydrogen (secondary N) is 1. The van der Waals surface area contributed by atoms with Crippen LogP contribution in [0.2, 0.25) is 5.02 Å². The summed E-state index contributed by atoms with van der Waals surface area (Å²) >= 11 is 11.1. The van der Waals surface area contributed by atoms with Crippen LogP contribution in [0.3, 0.4) is 0 Å². The Morgan fingerprint density at radius 3 is 2.41 bits per heavy atom. The van der Waals surface area contributed by atoms with Gasteiger partial charge in [0.2, 0.25) is 11.8 Å². The number of carbonyl (C=O) groups excluding carboxylic acids is 2. The second kappa shape index (κ2) is 6.47. The van der Waals surface area contributed by atoms with E-state index in [1.54, 1.807) is 24.3 Å². The lowest BCUT2D eigenvalue weighted by atomic mass is 10.3. The van der Waals surface area contributed by atoms with Gasteiger partial charge in [0.25, 0.3) is 0 Å². The number of likely N-dealkylation sites (N-methyl/N-ethyl adjacent to an activating group) is 1. The number of rotatable bonds is 4. The molecular weight excluding hydrogens is 263 g/mol. The van der Waals surface area contributed by atoms with Gasteiger partial charge in [0, 0.05) is 17.8 Å². The number of amides is 2. The Kier molecular flexibility index (Phi) is 5.25. The van der Waals surface area contributed by atoms with E-state index >= 15 is 0 Å². The Morgan fingerprint density at radius 1 is 1.29 bits per heavy atom. The minimum absolute atomic E-state index is 0.0336. The zero-order valence-corrected chi connectivity index (χ0v) is 10.8. The fourth-order valence-electron chi connectivity index (χ4n) is 1.14. The first-order chi connectivity index (χ1) is 8.02. The van der Waals surface area contributed by atoms with Crippen molar-refractivity contribution >= 4 is 40.7 Å². The van der Waals surface area contributed by atoms with Gasteiger partial charge in [-0.15, -0.1) is 11.6 Å². The molecule has 0 spiro atoms. The van der Waals surface area contributed by atoms with E-state index in [0.29, 0.717) is 10.7 Å². The molecule has 0 saturated heterocycles. The molecule has 1 N–H and O–H groups in total. The average Bonchev–Trinajstić information content (AvgIpc) is 2.30. The van der Waals surface area contributed by atoms with Crippen LogP contribution in [-0.4, -0.2) is 36.2 Å². The normalized spacial score (nSPS) is 9.82. The highest BCUT2D eigenvalue weighted by Gasteiger charge is 2.11. The summed E-state index contributed by atoms with van der Waals surface area (Å²) in [5.41, 5.74) is 0.631. The Morgan fingerprint density at radius 2 is 1.88 bits per heavy atom. The maximum atomic E-state index is 11.5. The molecular formula is C11H12Cl2N2O2. The molecule has 2 amide bonds. The lowest BCUT2D eigenvalue weighted by Crippen LogP contribution is -2.35. The van der Waals surface area contributed by atoms with E-state index in [1.807, 2.05) is 0 Å². The van der Waals surface area contributed by atoms with E-state index in [4.69, 9.17) is 23.2 Å². The van der Waals surface area contributed by atoms with Gasteiger partial charge in [0.05, 0.1) is 6.54 Å². The summed E-state index contributed by atoms with van der Waals surface area (Å²) in [5.74, 6) is -0.712. The SMILES string of the molecule is CN(CC(=O)Nc1ccc(Cl)cc1)C(=O)CCl. The van der Waals surface area contributed by atoms with Crippen LogP contribution < -0.4 is 5.32 Å². The second-order valence-electron chi connectivity index (χ2n) is 3.44. The number of nitrogens with zero attached hydrogens (tertiary/aromatic N) is 1. The summed E-state index contributed by atoms with van der Waals surface area (Å²) in [4.78, 5) is 24.0. The molecule has 92 valence electrons. The maximum Gasteiger partial charge on any atom is 0.243 e. The van der Waals surface area contributed by atoms with Crippen molar-refractivity contribution in [3.8, 4) is 0 Å². The predicted molar refractivity (Wildman–Crippen MR) is 68.4 cm³/mol. The number of hydrogen-bond acceptors (Lipinski definition) is 2. The Bertz CT molecular complexity index is 406. The zero-order chi connectivity index (χ0) is 12.8. The summed E-state index contributed by atoms with van der Waals surface area (Å²) in [6.07, 6.45) is 0. The van der Waals surface area contributed by atoms with Crippen LogP contribution in [0.25, 0.3) is 0 Å². The summed E-state index contributed by atoms with van der Waals surface area (Å²) < 4.78 is 0. The van der Waals surface area contributed by atoms with Gasteiger partial charge >= 0.3 is 0 Å². The highest BCUT2D eigenvalue weighted by molar-refractivity contribution is 6.30. The van der Waals surface area contributed by atoms with E-state index in [9.17, 15) is 9.59 Å². The van der Waals surface area contributed by atoms with E-state index in [-0.39, 0.29) is 24.2 Å². The lowest BCUT2D eigenvalue weighted by Gasteiger charge is -2.15. The molecule has 6 heteroatoms. The number of benzene rings is 1. The molecule has 4 nitrogen and oxygen atoms in total. The van der Waals surface area contributed by atoms with Crippen molar-refractivity contribution in [2.24, 2.45) is 0 Å². The average molecular weight is 275 g/mol. The highest BCUT2D eigenvalue weighted by Crippen LogP contribution is 2.13. The van der Waals surface area contributed by atoms with E-state index < -0.39 is 0 Å². The predicted octanol–water partition coefficient (Wildman–Crippen LogP) is 1.98. The van der Waals surface area contributed by atoms with Crippen LogP contribution in [0.4, 0.5) is 5.69 Å². The smallest absolute Gasteiger partial charge is 0.243 e. The minimum Gasteiger partial charge on any atom is -0.335 e. The second-order valence-corrected chi connectivity index (χ2v) is 4.14. The fourth-order valence-corrected chi connectivity index (χ4v) is 1.47. The van der Waals surface area contributed by atoms with Crippen LogP contribution in [0, 0.1) is 0 Å². The highest BCUT2D eigenvalue weighted by atomic mass is 35.5. The molecule has 0 aromatic heterocycles. The quantitative estimate of drug-likeness (QED) is 0.854. The van der Waals surface area contributed by atoms with Gasteiger partial charge in [0.15, 0.2) is 0 Å². The van der Waals surface area contributed by atoms with Crippen LogP contribution in [-0.2, 0) is 9.59 Å². The standard InChI is InChI=1S/C11H12Cl2N2O2/c1-15(11(17)6-12)7-10(16)14-9-4-2-8(13)3-5-9/h2-5H,6-7H2,1H3,(H,14,16). The van der Waals surface area contributed by atoms with Crippen LogP contribution in [0.1, 0.15) is 0 Å². The van der Waals surface area contributed by atoms with Crippen molar-refractivity contribution in [2.45, 2.75) is 0 Å². The van der Waals surface area contributed by atoms with Crippen molar-refractivity contribution in [2.75, 3.05) is 24.8 Å². The molecule has 1 aromatic carbocycles. The summed E-state index contributed by atoms with van der Waals surface area (Å²) in [7, 11) is 1.52. The Balaban J connectivity index is 2.50. The molecule has 1 aromatic rings. The van der Waals surface area contributed by atoms with Gasteiger partial charge in [-0.2, -0.15) is 0 Å². The Hall–Kier alpha value is -1.26. The fraction of sp³-hybridized carbons (Fsp3) is 0.273. The maximum absolute atomic E-state index is 11.5.